The van der Waals surface area contributed by atoms with Crippen LogP contribution < -0.4 is 10.1 Å². The predicted octanol–water partition coefficient (Wildman–Crippen LogP) is 5.54. The maximum Gasteiger partial charge on any atom is 0.405 e. The topological polar surface area (TPSA) is 84.3 Å². The van der Waals surface area contributed by atoms with Crippen LogP contribution in [0, 0.1) is 11.7 Å². The van der Waals surface area contributed by atoms with Crippen LogP contribution >= 0.6 is 11.6 Å². The first-order chi connectivity index (χ1) is 14.2. The van der Waals surface area contributed by atoms with Crippen LogP contribution in [0.5, 0.6) is 5.88 Å². The maximum atomic E-state index is 13.5. The van der Waals surface area contributed by atoms with Crippen molar-refractivity contribution in [1.29, 1.82) is 0 Å². The Morgan fingerprint density at radius 2 is 2.07 bits per heavy atom. The summed E-state index contributed by atoms with van der Waals surface area (Å²) in [5.41, 5.74) is 1.31. The molecule has 6 nitrogen and oxygen atoms in total. The van der Waals surface area contributed by atoms with Crippen LogP contribution in [-0.4, -0.2) is 33.3 Å². The summed E-state index contributed by atoms with van der Waals surface area (Å²) in [7, 11) is 0. The number of benzene rings is 1. The Labute approximate surface area is 179 Å². The van der Waals surface area contributed by atoms with Crippen molar-refractivity contribution in [3.05, 3.63) is 53.6 Å². The minimum Gasteiger partial charge on any atom is -0.474 e. The number of amides is 1. The third-order valence-electron chi connectivity index (χ3n) is 4.62. The molecule has 1 unspecified atom stereocenters. The van der Waals surface area contributed by atoms with E-state index in [1.165, 1.54) is 12.1 Å². The lowest BCUT2D eigenvalue weighted by Gasteiger charge is -2.31. The van der Waals surface area contributed by atoms with Gasteiger partial charge in [-0.15, -0.1) is 0 Å². The molecule has 2 N–H and O–H groups in total. The van der Waals surface area contributed by atoms with Crippen LogP contribution in [0.15, 0.2) is 42.7 Å². The zero-order valence-electron chi connectivity index (χ0n) is 16.9. The first-order valence-electron chi connectivity index (χ1n) is 9.51. The van der Waals surface area contributed by atoms with Gasteiger partial charge >= 0.3 is 6.09 Å². The fourth-order valence-corrected chi connectivity index (χ4v) is 3.81. The van der Waals surface area contributed by atoms with Crippen molar-refractivity contribution in [2.24, 2.45) is 5.92 Å². The van der Waals surface area contributed by atoms with Gasteiger partial charge < -0.3 is 15.2 Å². The molecule has 3 aromatic rings. The number of aromatic nitrogens is 2. The number of halogens is 2. The minimum atomic E-state index is -1.11. The van der Waals surface area contributed by atoms with Crippen LogP contribution in [-0.2, 0) is 0 Å². The maximum absolute atomic E-state index is 13.5. The van der Waals surface area contributed by atoms with E-state index in [0.29, 0.717) is 17.0 Å². The molecular formula is C22H23ClFN3O3. The molecule has 0 aliphatic carbocycles. The first kappa shape index (κ1) is 21.8. The van der Waals surface area contributed by atoms with Crippen molar-refractivity contribution in [3.63, 3.8) is 0 Å². The van der Waals surface area contributed by atoms with E-state index < -0.39 is 11.6 Å². The Hall–Kier alpha value is -2.93. The van der Waals surface area contributed by atoms with Gasteiger partial charge in [-0.05, 0) is 49.1 Å². The summed E-state index contributed by atoms with van der Waals surface area (Å²) in [5.74, 6) is 0.125. The van der Waals surface area contributed by atoms with Gasteiger partial charge in [-0.3, -0.25) is 4.98 Å². The molecule has 1 atom stereocenters. The van der Waals surface area contributed by atoms with Crippen LogP contribution in [0.3, 0.4) is 0 Å². The number of rotatable bonds is 7. The number of nitrogens with zero attached hydrogens (tertiary/aromatic N) is 2. The Kier molecular flexibility index (Phi) is 6.41. The largest absolute Gasteiger partial charge is 0.474 e. The summed E-state index contributed by atoms with van der Waals surface area (Å²) in [5, 5.41) is 12.7. The lowest BCUT2D eigenvalue weighted by atomic mass is 9.91. The standard InChI is InChI=1S/C22H23ClFN3O3/c1-13(2)10-22(3,27-21(28)29)12-30-20-18(23)8-14(11-26-20)16-6-7-25-19-9-15(24)4-5-17(16)19/h4-9,11,13,27H,10,12H2,1-3H3,(H,28,29). The van der Waals surface area contributed by atoms with Gasteiger partial charge in [0.1, 0.15) is 17.4 Å². The molecule has 3 rings (SSSR count). The lowest BCUT2D eigenvalue weighted by molar-refractivity contribution is 0.141. The summed E-state index contributed by atoms with van der Waals surface area (Å²) in [6.07, 6.45) is 2.69. The molecule has 0 bridgehead atoms. The molecule has 2 aromatic heterocycles. The predicted molar refractivity (Wildman–Crippen MR) is 114 cm³/mol. The van der Waals surface area contributed by atoms with Gasteiger partial charge in [-0.1, -0.05) is 25.4 Å². The van der Waals surface area contributed by atoms with Crippen molar-refractivity contribution in [2.45, 2.75) is 32.7 Å². The molecule has 0 aliphatic rings. The molecule has 158 valence electrons. The van der Waals surface area contributed by atoms with Crippen molar-refractivity contribution in [1.82, 2.24) is 15.3 Å². The molecule has 0 spiro atoms. The second-order valence-corrected chi connectivity index (χ2v) is 8.32. The molecule has 1 aromatic carbocycles. The zero-order chi connectivity index (χ0) is 21.9. The van der Waals surface area contributed by atoms with Gasteiger partial charge in [-0.2, -0.15) is 0 Å². The van der Waals surface area contributed by atoms with Crippen molar-refractivity contribution < 1.29 is 19.0 Å². The van der Waals surface area contributed by atoms with Gasteiger partial charge in [0.15, 0.2) is 0 Å². The average Bonchev–Trinajstić information content (AvgIpc) is 2.65. The summed E-state index contributed by atoms with van der Waals surface area (Å²) in [4.78, 5) is 19.7. The highest BCUT2D eigenvalue weighted by Crippen LogP contribution is 2.32. The Morgan fingerprint density at radius 1 is 1.30 bits per heavy atom. The molecule has 2 heterocycles. The van der Waals surface area contributed by atoms with Gasteiger partial charge in [0.25, 0.3) is 0 Å². The first-order valence-corrected chi connectivity index (χ1v) is 9.89. The van der Waals surface area contributed by atoms with E-state index in [9.17, 15) is 9.18 Å². The Balaban J connectivity index is 1.85. The zero-order valence-corrected chi connectivity index (χ0v) is 17.7. The van der Waals surface area contributed by atoms with Crippen molar-refractivity contribution >= 4 is 28.6 Å². The smallest absolute Gasteiger partial charge is 0.405 e. The number of nitrogens with one attached hydrogen (secondary N) is 1. The number of pyridine rings is 2. The number of hydrogen-bond donors (Lipinski definition) is 2. The molecule has 0 radical (unpaired) electrons. The number of hydrogen-bond acceptors (Lipinski definition) is 4. The number of fused-ring (bicyclic) bond motifs is 1. The van der Waals surface area contributed by atoms with Crippen LogP contribution in [0.2, 0.25) is 5.02 Å². The molecule has 0 fully saturated rings. The highest BCUT2D eigenvalue weighted by molar-refractivity contribution is 6.32. The summed E-state index contributed by atoms with van der Waals surface area (Å²) in [6, 6.07) is 7.94. The molecule has 0 saturated heterocycles. The van der Waals surface area contributed by atoms with Gasteiger partial charge in [0, 0.05) is 29.4 Å². The average molecular weight is 432 g/mol. The van der Waals surface area contributed by atoms with Gasteiger partial charge in [0.05, 0.1) is 11.1 Å². The number of carbonyl (C=O) groups is 1. The molecular weight excluding hydrogens is 409 g/mol. The molecule has 0 saturated carbocycles. The molecule has 8 heteroatoms. The van der Waals surface area contributed by atoms with Crippen molar-refractivity contribution in [2.75, 3.05) is 6.61 Å². The third-order valence-corrected chi connectivity index (χ3v) is 4.89. The van der Waals surface area contributed by atoms with E-state index in [2.05, 4.69) is 15.3 Å². The highest BCUT2D eigenvalue weighted by atomic mass is 35.5. The third kappa shape index (κ3) is 5.16. The molecule has 0 aliphatic heterocycles. The van der Waals surface area contributed by atoms with Crippen molar-refractivity contribution in [3.8, 4) is 17.0 Å². The summed E-state index contributed by atoms with van der Waals surface area (Å²) >= 11 is 6.40. The fraction of sp³-hybridized carbons (Fsp3) is 0.318. The normalized spacial score (nSPS) is 13.3. The van der Waals surface area contributed by atoms with Gasteiger partial charge in [-0.25, -0.2) is 14.2 Å². The van der Waals surface area contributed by atoms with E-state index in [1.807, 2.05) is 19.9 Å². The van der Waals surface area contributed by atoms with Crippen LogP contribution in [0.1, 0.15) is 27.2 Å². The second kappa shape index (κ2) is 8.83. The summed E-state index contributed by atoms with van der Waals surface area (Å²) < 4.78 is 19.3. The summed E-state index contributed by atoms with van der Waals surface area (Å²) in [6.45, 7) is 5.88. The highest BCUT2D eigenvalue weighted by Gasteiger charge is 2.29. The Morgan fingerprint density at radius 3 is 2.73 bits per heavy atom. The lowest BCUT2D eigenvalue weighted by Crippen LogP contribution is -2.50. The van der Waals surface area contributed by atoms with Gasteiger partial charge in [0.2, 0.25) is 5.88 Å². The molecule has 30 heavy (non-hydrogen) atoms. The van der Waals surface area contributed by atoms with E-state index in [4.69, 9.17) is 21.4 Å². The van der Waals surface area contributed by atoms with E-state index in [1.54, 1.807) is 31.5 Å². The fourth-order valence-electron chi connectivity index (χ4n) is 3.58. The van der Waals surface area contributed by atoms with E-state index in [-0.39, 0.29) is 24.2 Å². The minimum absolute atomic E-state index is 0.0843. The van der Waals surface area contributed by atoms with Crippen LogP contribution in [0.4, 0.5) is 9.18 Å². The number of carboxylic acid groups (broad SMARTS) is 1. The quantitative estimate of drug-likeness (QED) is 0.513. The second-order valence-electron chi connectivity index (χ2n) is 7.91. The van der Waals surface area contributed by atoms with E-state index in [0.717, 1.165) is 16.5 Å². The van der Waals surface area contributed by atoms with E-state index >= 15 is 0 Å². The van der Waals surface area contributed by atoms with Crippen LogP contribution in [0.25, 0.3) is 22.0 Å². The Bertz CT molecular complexity index is 1080. The SMILES string of the molecule is CC(C)CC(C)(COc1ncc(-c2ccnc3cc(F)ccc23)cc1Cl)NC(=O)O. The monoisotopic (exact) mass is 431 g/mol. The number of ether oxygens (including phenoxy) is 1. The molecule has 1 amide bonds.